The Kier molecular flexibility index (Phi) is 6.09. The van der Waals surface area contributed by atoms with Crippen molar-refractivity contribution >= 4 is 49.1 Å². The van der Waals surface area contributed by atoms with Crippen LogP contribution in [-0.2, 0) is 12.8 Å². The predicted molar refractivity (Wildman–Crippen MR) is 133 cm³/mol. The lowest BCUT2D eigenvalue weighted by atomic mass is 10.1. The largest absolute Gasteiger partial charge is 0.455 e. The molecule has 0 atom stereocenters. The Morgan fingerprint density at radius 3 is 2.72 bits per heavy atom. The average Bonchev–Trinajstić information content (AvgIpc) is 3.28. The maximum Gasteiger partial charge on any atom is 0.188 e. The van der Waals surface area contributed by atoms with Crippen LogP contribution in [0.15, 0.2) is 89.0 Å². The lowest BCUT2D eigenvalue weighted by Crippen LogP contribution is -1.96. The second-order valence-corrected chi connectivity index (χ2v) is 8.90. The van der Waals surface area contributed by atoms with Crippen molar-refractivity contribution in [2.24, 2.45) is 0 Å². The minimum Gasteiger partial charge on any atom is -0.455 e. The summed E-state index contributed by atoms with van der Waals surface area (Å²) < 4.78 is 6.98. The maximum absolute atomic E-state index is 6.21. The van der Waals surface area contributed by atoms with Crippen LogP contribution < -0.4 is 10.1 Å². The summed E-state index contributed by atoms with van der Waals surface area (Å²) in [5.74, 6) is 2.08. The van der Waals surface area contributed by atoms with E-state index in [9.17, 15) is 0 Å². The molecule has 0 aliphatic rings. The highest BCUT2D eigenvalue weighted by atomic mass is 79.9. The number of anilines is 2. The van der Waals surface area contributed by atoms with E-state index in [1.807, 2.05) is 42.5 Å². The van der Waals surface area contributed by atoms with E-state index in [2.05, 4.69) is 60.9 Å². The van der Waals surface area contributed by atoms with Crippen molar-refractivity contribution in [3.8, 4) is 11.5 Å². The number of benzene rings is 2. The summed E-state index contributed by atoms with van der Waals surface area (Å²) in [6.07, 6.45) is 5.38. The van der Waals surface area contributed by atoms with E-state index in [0.717, 1.165) is 44.8 Å². The first kappa shape index (κ1) is 20.6. The SMILES string of the molecule is Brc1cnc(Nc2nc(CCc3ccccc3)cs2)cc1Oc1cccc2ncccc12. The number of aromatic nitrogens is 3. The number of pyridine rings is 2. The Hall–Kier alpha value is -3.29. The molecule has 0 bridgehead atoms. The molecular formula is C25H19BrN4OS. The molecule has 5 nitrogen and oxygen atoms in total. The third-order valence-electron chi connectivity index (χ3n) is 4.95. The fraction of sp³-hybridized carbons (Fsp3) is 0.0800. The summed E-state index contributed by atoms with van der Waals surface area (Å²) in [6.45, 7) is 0. The van der Waals surface area contributed by atoms with E-state index in [-0.39, 0.29) is 0 Å². The second-order valence-electron chi connectivity index (χ2n) is 7.18. The zero-order chi connectivity index (χ0) is 21.8. The van der Waals surface area contributed by atoms with E-state index < -0.39 is 0 Å². The summed E-state index contributed by atoms with van der Waals surface area (Å²) >= 11 is 5.11. The van der Waals surface area contributed by atoms with Crippen molar-refractivity contribution in [2.45, 2.75) is 12.8 Å². The van der Waals surface area contributed by atoms with Gasteiger partial charge < -0.3 is 10.1 Å². The second kappa shape index (κ2) is 9.46. The van der Waals surface area contributed by atoms with Crippen LogP contribution in [0.25, 0.3) is 10.9 Å². The van der Waals surface area contributed by atoms with Crippen LogP contribution in [0.5, 0.6) is 11.5 Å². The standard InChI is InChI=1S/C25H19BrN4OS/c26-20-15-28-24(14-23(20)31-22-10-4-9-21-19(22)8-5-13-27-21)30-25-29-18(16-32-25)12-11-17-6-2-1-3-7-17/h1-10,13-16H,11-12H2,(H,28,29,30). The van der Waals surface area contributed by atoms with Crippen LogP contribution in [0, 0.1) is 0 Å². The van der Waals surface area contributed by atoms with Gasteiger partial charge in [-0.25, -0.2) is 9.97 Å². The molecule has 3 aromatic heterocycles. The van der Waals surface area contributed by atoms with Crippen molar-refractivity contribution in [2.75, 3.05) is 5.32 Å². The highest BCUT2D eigenvalue weighted by molar-refractivity contribution is 9.10. The van der Waals surface area contributed by atoms with Gasteiger partial charge in [0.15, 0.2) is 5.13 Å². The van der Waals surface area contributed by atoms with Gasteiger partial charge in [0, 0.05) is 29.2 Å². The quantitative estimate of drug-likeness (QED) is 0.255. The van der Waals surface area contributed by atoms with Gasteiger partial charge in [-0.1, -0.05) is 36.4 Å². The molecule has 0 aliphatic heterocycles. The van der Waals surface area contributed by atoms with Gasteiger partial charge in [-0.15, -0.1) is 11.3 Å². The molecule has 0 aliphatic carbocycles. The first-order chi connectivity index (χ1) is 15.7. The van der Waals surface area contributed by atoms with Gasteiger partial charge in [-0.3, -0.25) is 4.98 Å². The minimum absolute atomic E-state index is 0.666. The van der Waals surface area contributed by atoms with E-state index >= 15 is 0 Å². The fourth-order valence-corrected chi connectivity index (χ4v) is 4.40. The minimum atomic E-state index is 0.666. The lowest BCUT2D eigenvalue weighted by molar-refractivity contribution is 0.484. The van der Waals surface area contributed by atoms with Gasteiger partial charge in [0.2, 0.25) is 0 Å². The first-order valence-corrected chi connectivity index (χ1v) is 11.8. The number of ether oxygens (including phenoxy) is 1. The summed E-state index contributed by atoms with van der Waals surface area (Å²) in [6, 6.07) is 22.1. The molecular weight excluding hydrogens is 484 g/mol. The van der Waals surface area contributed by atoms with Crippen LogP contribution >= 0.6 is 27.3 Å². The van der Waals surface area contributed by atoms with Gasteiger partial charge >= 0.3 is 0 Å². The normalized spacial score (nSPS) is 10.9. The topological polar surface area (TPSA) is 59.9 Å². The number of rotatable bonds is 7. The van der Waals surface area contributed by atoms with Crippen LogP contribution in [-0.4, -0.2) is 15.0 Å². The highest BCUT2D eigenvalue weighted by Crippen LogP contribution is 2.35. The Balaban J connectivity index is 1.30. The van der Waals surface area contributed by atoms with Crippen LogP contribution in [0.2, 0.25) is 0 Å². The molecule has 0 saturated heterocycles. The fourth-order valence-electron chi connectivity index (χ4n) is 3.36. The Bertz CT molecular complexity index is 1350. The Morgan fingerprint density at radius 1 is 0.906 bits per heavy atom. The summed E-state index contributed by atoms with van der Waals surface area (Å²) in [5.41, 5.74) is 3.27. The van der Waals surface area contributed by atoms with E-state index in [4.69, 9.17) is 9.72 Å². The molecule has 158 valence electrons. The van der Waals surface area contributed by atoms with E-state index in [0.29, 0.717) is 11.6 Å². The number of thiazole rings is 1. The molecule has 0 fully saturated rings. The Labute approximate surface area is 198 Å². The molecule has 5 aromatic rings. The van der Waals surface area contributed by atoms with Gasteiger partial charge in [-0.2, -0.15) is 0 Å². The van der Waals surface area contributed by atoms with Crippen LogP contribution in [0.3, 0.4) is 0 Å². The molecule has 0 radical (unpaired) electrons. The van der Waals surface area contributed by atoms with Crippen molar-refractivity contribution < 1.29 is 4.74 Å². The highest BCUT2D eigenvalue weighted by Gasteiger charge is 2.10. The van der Waals surface area contributed by atoms with Gasteiger partial charge in [0.05, 0.1) is 15.7 Å². The van der Waals surface area contributed by atoms with Crippen molar-refractivity contribution in [3.05, 3.63) is 100 Å². The van der Waals surface area contributed by atoms with Gasteiger partial charge in [0.25, 0.3) is 0 Å². The molecule has 0 saturated carbocycles. The molecule has 0 spiro atoms. The zero-order valence-corrected chi connectivity index (χ0v) is 19.4. The number of halogens is 1. The number of hydrogen-bond donors (Lipinski definition) is 1. The predicted octanol–water partition coefficient (Wildman–Crippen LogP) is 7.17. The average molecular weight is 503 g/mol. The summed E-state index contributed by atoms with van der Waals surface area (Å²) in [4.78, 5) is 13.6. The molecule has 5 rings (SSSR count). The van der Waals surface area contributed by atoms with E-state index in [1.165, 1.54) is 5.56 Å². The molecule has 0 unspecified atom stereocenters. The summed E-state index contributed by atoms with van der Waals surface area (Å²) in [5, 5.41) is 7.15. The lowest BCUT2D eigenvalue weighted by Gasteiger charge is -2.11. The van der Waals surface area contributed by atoms with E-state index in [1.54, 1.807) is 23.7 Å². The number of hydrogen-bond acceptors (Lipinski definition) is 6. The van der Waals surface area contributed by atoms with Crippen molar-refractivity contribution in [1.82, 2.24) is 15.0 Å². The first-order valence-electron chi connectivity index (χ1n) is 10.2. The van der Waals surface area contributed by atoms with Crippen LogP contribution in [0.1, 0.15) is 11.3 Å². The number of fused-ring (bicyclic) bond motifs is 1. The molecule has 32 heavy (non-hydrogen) atoms. The summed E-state index contributed by atoms with van der Waals surface area (Å²) in [7, 11) is 0. The molecule has 7 heteroatoms. The van der Waals surface area contributed by atoms with Crippen molar-refractivity contribution in [3.63, 3.8) is 0 Å². The van der Waals surface area contributed by atoms with Crippen molar-refractivity contribution in [1.29, 1.82) is 0 Å². The molecule has 2 aromatic carbocycles. The molecule has 0 amide bonds. The number of nitrogens with one attached hydrogen (secondary N) is 1. The maximum atomic E-state index is 6.21. The van der Waals surface area contributed by atoms with Gasteiger partial charge in [0.1, 0.15) is 17.3 Å². The smallest absolute Gasteiger partial charge is 0.188 e. The third-order valence-corrected chi connectivity index (χ3v) is 6.35. The third kappa shape index (κ3) is 4.79. The Morgan fingerprint density at radius 2 is 1.81 bits per heavy atom. The van der Waals surface area contributed by atoms with Crippen LogP contribution in [0.4, 0.5) is 10.9 Å². The zero-order valence-electron chi connectivity index (χ0n) is 17.0. The van der Waals surface area contributed by atoms with Gasteiger partial charge in [-0.05, 0) is 58.6 Å². The molecule has 3 heterocycles. The number of nitrogens with zero attached hydrogens (tertiary/aromatic N) is 3. The monoisotopic (exact) mass is 502 g/mol. The molecule has 1 N–H and O–H groups in total. The number of aryl methyl sites for hydroxylation is 2.